The van der Waals surface area contributed by atoms with Gasteiger partial charge in [-0.15, -0.1) is 0 Å². The molecule has 1 aromatic heterocycles. The van der Waals surface area contributed by atoms with Gasteiger partial charge in [0.15, 0.2) is 0 Å². The molecule has 2 unspecified atom stereocenters. The first-order valence-corrected chi connectivity index (χ1v) is 9.77. The van der Waals surface area contributed by atoms with Gasteiger partial charge >= 0.3 is 12.1 Å². The first-order chi connectivity index (χ1) is 14.0. The predicted molar refractivity (Wildman–Crippen MR) is 110 cm³/mol. The third-order valence-electron chi connectivity index (χ3n) is 5.21. The number of rotatable bonds is 5. The Hall–Kier alpha value is -3.09. The number of likely N-dealkylation sites (tertiary alicyclic amines) is 1. The highest BCUT2D eigenvalue weighted by atomic mass is 16.6. The van der Waals surface area contributed by atoms with Crippen molar-refractivity contribution < 1.29 is 19.1 Å². The molecule has 0 bridgehead atoms. The second kappa shape index (κ2) is 9.41. The number of pyridine rings is 1. The van der Waals surface area contributed by atoms with Gasteiger partial charge < -0.3 is 19.7 Å². The number of aryl methyl sites for hydroxylation is 1. The fourth-order valence-corrected chi connectivity index (χ4v) is 3.50. The summed E-state index contributed by atoms with van der Waals surface area (Å²) in [6.45, 7) is 4.58. The van der Waals surface area contributed by atoms with Crippen LogP contribution in [0, 0.1) is 6.92 Å². The summed E-state index contributed by atoms with van der Waals surface area (Å²) in [4.78, 5) is 30.9. The molecule has 2 heterocycles. The average molecular weight is 397 g/mol. The van der Waals surface area contributed by atoms with Crippen molar-refractivity contribution in [3.8, 4) is 0 Å². The Morgan fingerprint density at radius 3 is 2.69 bits per heavy atom. The highest BCUT2D eigenvalue weighted by Gasteiger charge is 2.31. The number of carbonyl (C=O) groups excluding carboxylic acids is 2. The van der Waals surface area contributed by atoms with E-state index in [9.17, 15) is 9.59 Å². The van der Waals surface area contributed by atoms with Gasteiger partial charge in [-0.05, 0) is 43.9 Å². The molecule has 1 amide bonds. The molecule has 0 radical (unpaired) electrons. The van der Waals surface area contributed by atoms with Crippen LogP contribution in [0.1, 0.15) is 41.3 Å². The molecule has 1 aliphatic heterocycles. The Labute approximate surface area is 171 Å². The first-order valence-electron chi connectivity index (χ1n) is 9.77. The van der Waals surface area contributed by atoms with Crippen LogP contribution in [0.4, 0.5) is 10.6 Å². The molecule has 154 valence electrons. The number of anilines is 1. The summed E-state index contributed by atoms with van der Waals surface area (Å²) in [5.41, 5.74) is 2.16. The van der Waals surface area contributed by atoms with E-state index in [1.165, 1.54) is 7.11 Å². The number of nitrogens with one attached hydrogen (secondary N) is 1. The van der Waals surface area contributed by atoms with Crippen molar-refractivity contribution in [1.82, 2.24) is 9.88 Å². The first kappa shape index (κ1) is 20.6. The van der Waals surface area contributed by atoms with E-state index in [-0.39, 0.29) is 24.8 Å². The molecule has 2 aromatic rings. The molecule has 1 N–H and O–H groups in total. The van der Waals surface area contributed by atoms with Gasteiger partial charge in [-0.25, -0.2) is 14.6 Å². The standard InChI is InChI=1S/C22H27N3O4/c1-15-11-12-23-20(19(15)21(26)28-3)24-18-10-9-16(2)25(13-18)22(27)29-14-17-7-5-4-6-8-17/h4-8,11-12,16,18H,9-10,13-14H2,1-3H3,(H,23,24). The SMILES string of the molecule is COC(=O)c1c(C)ccnc1NC1CCC(C)N(C(=O)OCc2ccccc2)C1. The van der Waals surface area contributed by atoms with Crippen molar-refractivity contribution in [1.29, 1.82) is 0 Å². The van der Waals surface area contributed by atoms with Crippen molar-refractivity contribution >= 4 is 17.9 Å². The molecule has 2 atom stereocenters. The number of methoxy groups -OCH3 is 1. The maximum atomic E-state index is 12.6. The van der Waals surface area contributed by atoms with E-state index in [4.69, 9.17) is 9.47 Å². The lowest BCUT2D eigenvalue weighted by Crippen LogP contribution is -2.50. The zero-order chi connectivity index (χ0) is 20.8. The van der Waals surface area contributed by atoms with Crippen molar-refractivity contribution in [2.75, 3.05) is 19.0 Å². The largest absolute Gasteiger partial charge is 0.465 e. The summed E-state index contributed by atoms with van der Waals surface area (Å²) in [6.07, 6.45) is 3.01. The third kappa shape index (κ3) is 5.04. The van der Waals surface area contributed by atoms with Gasteiger partial charge in [-0.1, -0.05) is 30.3 Å². The number of piperidine rings is 1. The van der Waals surface area contributed by atoms with E-state index in [0.29, 0.717) is 17.9 Å². The number of carbonyl (C=O) groups is 2. The molecule has 0 saturated carbocycles. The van der Waals surface area contributed by atoms with Crippen LogP contribution in [0.15, 0.2) is 42.6 Å². The van der Waals surface area contributed by atoms with Crippen LogP contribution in [0.5, 0.6) is 0 Å². The molecular formula is C22H27N3O4. The van der Waals surface area contributed by atoms with E-state index in [2.05, 4.69) is 10.3 Å². The van der Waals surface area contributed by atoms with Gasteiger partial charge in [0, 0.05) is 24.8 Å². The number of amides is 1. The second-order valence-electron chi connectivity index (χ2n) is 7.30. The van der Waals surface area contributed by atoms with Crippen molar-refractivity contribution in [3.05, 3.63) is 59.3 Å². The number of ether oxygens (including phenoxy) is 2. The molecule has 7 heteroatoms. The Morgan fingerprint density at radius 2 is 1.97 bits per heavy atom. The Bertz CT molecular complexity index is 856. The van der Waals surface area contributed by atoms with E-state index >= 15 is 0 Å². The Morgan fingerprint density at radius 1 is 1.21 bits per heavy atom. The monoisotopic (exact) mass is 397 g/mol. The normalized spacial score (nSPS) is 18.8. The Balaban J connectivity index is 1.66. The minimum atomic E-state index is -0.429. The van der Waals surface area contributed by atoms with Crippen molar-refractivity contribution in [2.45, 2.75) is 45.4 Å². The number of benzene rings is 1. The number of hydrogen-bond donors (Lipinski definition) is 1. The van der Waals surface area contributed by atoms with Crippen LogP contribution in [0.3, 0.4) is 0 Å². The number of esters is 1. The van der Waals surface area contributed by atoms with Crippen LogP contribution in [0.2, 0.25) is 0 Å². The molecular weight excluding hydrogens is 370 g/mol. The molecule has 1 saturated heterocycles. The van der Waals surface area contributed by atoms with Crippen molar-refractivity contribution in [2.24, 2.45) is 0 Å². The zero-order valence-corrected chi connectivity index (χ0v) is 17.1. The quantitative estimate of drug-likeness (QED) is 0.774. The van der Waals surface area contributed by atoms with Gasteiger partial charge in [0.25, 0.3) is 0 Å². The van der Waals surface area contributed by atoms with Gasteiger partial charge in [0.1, 0.15) is 18.0 Å². The summed E-state index contributed by atoms with van der Waals surface area (Å²) in [5.74, 6) is 0.0513. The third-order valence-corrected chi connectivity index (χ3v) is 5.21. The molecule has 1 aliphatic rings. The lowest BCUT2D eigenvalue weighted by molar-refractivity contribution is 0.0598. The molecule has 7 nitrogen and oxygen atoms in total. The van der Waals surface area contributed by atoms with Crippen LogP contribution in [-0.4, -0.2) is 47.7 Å². The molecule has 3 rings (SSSR count). The maximum absolute atomic E-state index is 12.6. The second-order valence-corrected chi connectivity index (χ2v) is 7.30. The summed E-state index contributed by atoms with van der Waals surface area (Å²) < 4.78 is 10.4. The van der Waals surface area contributed by atoms with Crippen LogP contribution in [-0.2, 0) is 16.1 Å². The van der Waals surface area contributed by atoms with E-state index in [0.717, 1.165) is 24.0 Å². The van der Waals surface area contributed by atoms with E-state index in [1.807, 2.05) is 44.2 Å². The highest BCUT2D eigenvalue weighted by Crippen LogP contribution is 2.24. The summed E-state index contributed by atoms with van der Waals surface area (Å²) in [7, 11) is 1.35. The number of nitrogens with zero attached hydrogens (tertiary/aromatic N) is 2. The zero-order valence-electron chi connectivity index (χ0n) is 17.1. The lowest BCUT2D eigenvalue weighted by Gasteiger charge is -2.37. The smallest absolute Gasteiger partial charge is 0.410 e. The van der Waals surface area contributed by atoms with Gasteiger partial charge in [-0.3, -0.25) is 0 Å². The molecule has 1 aromatic carbocycles. The highest BCUT2D eigenvalue weighted by molar-refractivity contribution is 5.96. The summed E-state index contributed by atoms with van der Waals surface area (Å²) in [6, 6.07) is 11.4. The molecule has 0 aliphatic carbocycles. The number of hydrogen-bond acceptors (Lipinski definition) is 6. The van der Waals surface area contributed by atoms with E-state index < -0.39 is 5.97 Å². The predicted octanol–water partition coefficient (Wildman–Crippen LogP) is 3.78. The summed E-state index contributed by atoms with van der Waals surface area (Å²) >= 11 is 0. The molecule has 1 fully saturated rings. The fraction of sp³-hybridized carbons (Fsp3) is 0.409. The van der Waals surface area contributed by atoms with Crippen molar-refractivity contribution in [3.63, 3.8) is 0 Å². The molecule has 29 heavy (non-hydrogen) atoms. The summed E-state index contributed by atoms with van der Waals surface area (Å²) in [5, 5.41) is 3.32. The fourth-order valence-electron chi connectivity index (χ4n) is 3.50. The number of aromatic nitrogens is 1. The maximum Gasteiger partial charge on any atom is 0.410 e. The van der Waals surface area contributed by atoms with E-state index in [1.54, 1.807) is 17.2 Å². The topological polar surface area (TPSA) is 80.8 Å². The van der Waals surface area contributed by atoms with Crippen LogP contribution in [0.25, 0.3) is 0 Å². The Kier molecular flexibility index (Phi) is 6.69. The van der Waals surface area contributed by atoms with Gasteiger partial charge in [-0.2, -0.15) is 0 Å². The molecule has 0 spiro atoms. The minimum absolute atomic E-state index is 0.0341. The average Bonchev–Trinajstić information content (AvgIpc) is 2.73. The van der Waals surface area contributed by atoms with Crippen LogP contribution >= 0.6 is 0 Å². The van der Waals surface area contributed by atoms with Crippen LogP contribution < -0.4 is 5.32 Å². The minimum Gasteiger partial charge on any atom is -0.465 e. The van der Waals surface area contributed by atoms with Gasteiger partial charge in [0.2, 0.25) is 0 Å². The lowest BCUT2D eigenvalue weighted by atomic mass is 9.99. The van der Waals surface area contributed by atoms with Gasteiger partial charge in [0.05, 0.1) is 7.11 Å².